The molecule has 0 aliphatic heterocycles. The molecule has 0 spiro atoms. The summed E-state index contributed by atoms with van der Waals surface area (Å²) in [4.78, 5) is 0. The van der Waals surface area contributed by atoms with E-state index >= 15 is 0 Å². The van der Waals surface area contributed by atoms with Crippen LogP contribution in [0.4, 0.5) is 0 Å². The van der Waals surface area contributed by atoms with Crippen molar-refractivity contribution in [1.82, 2.24) is 0 Å². The van der Waals surface area contributed by atoms with Crippen LogP contribution in [-0.4, -0.2) is 5.11 Å². The van der Waals surface area contributed by atoms with Crippen LogP contribution in [0.1, 0.15) is 28.8 Å². The summed E-state index contributed by atoms with van der Waals surface area (Å²) in [5.74, 6) is 1.56. The minimum atomic E-state index is -0.658. The van der Waals surface area contributed by atoms with Gasteiger partial charge in [-0.1, -0.05) is 23.7 Å². The number of furan rings is 1. The molecule has 0 radical (unpaired) electrons. The molecule has 1 N–H and O–H groups in total. The predicted molar refractivity (Wildman–Crippen MR) is 63.7 cm³/mol. The number of rotatable bonds is 2. The Labute approximate surface area is 99.5 Å². The van der Waals surface area contributed by atoms with Crippen LogP contribution in [0, 0.1) is 13.8 Å². The Morgan fingerprint density at radius 1 is 1.19 bits per heavy atom. The van der Waals surface area contributed by atoms with Crippen molar-refractivity contribution in [3.8, 4) is 0 Å². The second-order valence-electron chi connectivity index (χ2n) is 3.82. The number of halogens is 1. The maximum absolute atomic E-state index is 10.2. The van der Waals surface area contributed by atoms with Gasteiger partial charge in [0.05, 0.1) is 0 Å². The molecule has 0 bridgehead atoms. The fourth-order valence-corrected chi connectivity index (χ4v) is 1.87. The average molecular weight is 237 g/mol. The van der Waals surface area contributed by atoms with Gasteiger partial charge in [0.1, 0.15) is 17.6 Å². The molecular formula is C13H13ClO2. The lowest BCUT2D eigenvalue weighted by atomic mass is 10.0. The zero-order valence-electron chi connectivity index (χ0n) is 9.20. The van der Waals surface area contributed by atoms with Gasteiger partial charge in [-0.3, -0.25) is 0 Å². The van der Waals surface area contributed by atoms with Crippen molar-refractivity contribution in [1.29, 1.82) is 0 Å². The second-order valence-corrected chi connectivity index (χ2v) is 4.26. The molecule has 16 heavy (non-hydrogen) atoms. The predicted octanol–water partition coefficient (Wildman–Crippen LogP) is 3.63. The molecule has 0 amide bonds. The molecule has 0 saturated carbocycles. The molecule has 3 heteroatoms. The Morgan fingerprint density at radius 2 is 1.81 bits per heavy atom. The highest BCUT2D eigenvalue weighted by molar-refractivity contribution is 6.30. The van der Waals surface area contributed by atoms with Crippen LogP contribution in [-0.2, 0) is 0 Å². The van der Waals surface area contributed by atoms with Gasteiger partial charge in [-0.2, -0.15) is 0 Å². The third-order valence-electron chi connectivity index (χ3n) is 2.56. The van der Waals surface area contributed by atoms with E-state index in [1.807, 2.05) is 32.0 Å². The van der Waals surface area contributed by atoms with E-state index in [-0.39, 0.29) is 0 Å². The quantitative estimate of drug-likeness (QED) is 0.864. The first kappa shape index (κ1) is 11.2. The average Bonchev–Trinajstić information content (AvgIpc) is 2.58. The lowest BCUT2D eigenvalue weighted by molar-refractivity contribution is 0.218. The number of aliphatic hydroxyl groups is 1. The Balaban J connectivity index is 2.35. The molecule has 0 aliphatic rings. The SMILES string of the molecule is Cc1cc(C(O)c2ccc(Cl)cc2)c(C)o1. The molecule has 1 heterocycles. The Bertz CT molecular complexity index is 485. The van der Waals surface area contributed by atoms with E-state index in [1.54, 1.807) is 12.1 Å². The van der Waals surface area contributed by atoms with Crippen molar-refractivity contribution in [3.63, 3.8) is 0 Å². The lowest BCUT2D eigenvalue weighted by Crippen LogP contribution is -1.99. The largest absolute Gasteiger partial charge is 0.466 e. The third kappa shape index (κ3) is 2.13. The van der Waals surface area contributed by atoms with Crippen LogP contribution in [0.25, 0.3) is 0 Å². The zero-order chi connectivity index (χ0) is 11.7. The van der Waals surface area contributed by atoms with E-state index < -0.39 is 6.10 Å². The normalized spacial score (nSPS) is 12.8. The number of hydrogen-bond acceptors (Lipinski definition) is 2. The summed E-state index contributed by atoms with van der Waals surface area (Å²) in [6, 6.07) is 9.02. The summed E-state index contributed by atoms with van der Waals surface area (Å²) in [5.41, 5.74) is 1.62. The highest BCUT2D eigenvalue weighted by Crippen LogP contribution is 2.27. The number of benzene rings is 1. The molecule has 0 aliphatic carbocycles. The highest BCUT2D eigenvalue weighted by Gasteiger charge is 2.16. The molecule has 0 fully saturated rings. The topological polar surface area (TPSA) is 33.4 Å². The summed E-state index contributed by atoms with van der Waals surface area (Å²) in [6.45, 7) is 3.71. The third-order valence-corrected chi connectivity index (χ3v) is 2.81. The summed E-state index contributed by atoms with van der Waals surface area (Å²) >= 11 is 5.80. The monoisotopic (exact) mass is 236 g/mol. The molecule has 1 atom stereocenters. The summed E-state index contributed by atoms with van der Waals surface area (Å²) in [6.07, 6.45) is -0.658. The zero-order valence-corrected chi connectivity index (χ0v) is 9.95. The first-order chi connectivity index (χ1) is 7.58. The van der Waals surface area contributed by atoms with Crippen LogP contribution in [0.15, 0.2) is 34.7 Å². The Kier molecular flexibility index (Phi) is 3.03. The second kappa shape index (κ2) is 4.32. The van der Waals surface area contributed by atoms with E-state index in [0.29, 0.717) is 5.02 Å². The maximum Gasteiger partial charge on any atom is 0.107 e. The Hall–Kier alpha value is -1.25. The van der Waals surface area contributed by atoms with E-state index in [1.165, 1.54) is 0 Å². The fraction of sp³-hybridized carbons (Fsp3) is 0.231. The van der Waals surface area contributed by atoms with E-state index in [4.69, 9.17) is 16.0 Å². The molecule has 1 aromatic carbocycles. The van der Waals surface area contributed by atoms with Crippen LogP contribution >= 0.6 is 11.6 Å². The van der Waals surface area contributed by atoms with Gasteiger partial charge in [0.2, 0.25) is 0 Å². The van der Waals surface area contributed by atoms with Crippen molar-refractivity contribution in [2.24, 2.45) is 0 Å². The molecule has 1 unspecified atom stereocenters. The fourth-order valence-electron chi connectivity index (χ4n) is 1.75. The van der Waals surface area contributed by atoms with Gasteiger partial charge in [-0.25, -0.2) is 0 Å². The molecule has 84 valence electrons. The highest BCUT2D eigenvalue weighted by atomic mass is 35.5. The smallest absolute Gasteiger partial charge is 0.107 e. The van der Waals surface area contributed by atoms with Gasteiger partial charge < -0.3 is 9.52 Å². The molecule has 2 rings (SSSR count). The summed E-state index contributed by atoms with van der Waals surface area (Å²) < 4.78 is 5.39. The minimum Gasteiger partial charge on any atom is -0.466 e. The van der Waals surface area contributed by atoms with Gasteiger partial charge in [0.15, 0.2) is 0 Å². The number of aryl methyl sites for hydroxylation is 2. The van der Waals surface area contributed by atoms with Crippen LogP contribution in [0.2, 0.25) is 5.02 Å². The first-order valence-electron chi connectivity index (χ1n) is 5.08. The van der Waals surface area contributed by atoms with Gasteiger partial charge in [0.25, 0.3) is 0 Å². The molecule has 2 nitrogen and oxygen atoms in total. The number of hydrogen-bond donors (Lipinski definition) is 1. The summed E-state index contributed by atoms with van der Waals surface area (Å²) in [7, 11) is 0. The van der Waals surface area contributed by atoms with Crippen LogP contribution in [0.3, 0.4) is 0 Å². The van der Waals surface area contributed by atoms with Crippen LogP contribution < -0.4 is 0 Å². The number of aliphatic hydroxyl groups excluding tert-OH is 1. The van der Waals surface area contributed by atoms with Crippen molar-refractivity contribution in [3.05, 3.63) is 58.0 Å². The minimum absolute atomic E-state index is 0.658. The van der Waals surface area contributed by atoms with Crippen molar-refractivity contribution >= 4 is 11.6 Å². The first-order valence-corrected chi connectivity index (χ1v) is 5.46. The van der Waals surface area contributed by atoms with Crippen LogP contribution in [0.5, 0.6) is 0 Å². The van der Waals surface area contributed by atoms with Gasteiger partial charge in [-0.05, 0) is 37.6 Å². The van der Waals surface area contributed by atoms with Crippen molar-refractivity contribution in [2.45, 2.75) is 20.0 Å². The maximum atomic E-state index is 10.2. The van der Waals surface area contributed by atoms with Crippen molar-refractivity contribution in [2.75, 3.05) is 0 Å². The van der Waals surface area contributed by atoms with E-state index in [9.17, 15) is 5.11 Å². The molecule has 1 aromatic heterocycles. The van der Waals surface area contributed by atoms with Gasteiger partial charge in [-0.15, -0.1) is 0 Å². The van der Waals surface area contributed by atoms with E-state index in [2.05, 4.69) is 0 Å². The van der Waals surface area contributed by atoms with Gasteiger partial charge >= 0.3 is 0 Å². The Morgan fingerprint density at radius 3 is 2.31 bits per heavy atom. The summed E-state index contributed by atoms with van der Waals surface area (Å²) in [5, 5.41) is 10.8. The van der Waals surface area contributed by atoms with Gasteiger partial charge in [0, 0.05) is 10.6 Å². The molecular weight excluding hydrogens is 224 g/mol. The molecule has 0 saturated heterocycles. The van der Waals surface area contributed by atoms with Crippen molar-refractivity contribution < 1.29 is 9.52 Å². The van der Waals surface area contributed by atoms with E-state index in [0.717, 1.165) is 22.6 Å². The standard InChI is InChI=1S/C13H13ClO2/c1-8-7-12(9(2)16-8)13(15)10-3-5-11(14)6-4-10/h3-7,13,15H,1-2H3. The lowest BCUT2D eigenvalue weighted by Gasteiger charge is -2.09. The molecule has 2 aromatic rings.